The lowest BCUT2D eigenvalue weighted by Gasteiger charge is -2.19. The first-order valence-electron chi connectivity index (χ1n) is 10.4. The minimum atomic E-state index is 0.705. The average molecular weight is 415 g/mol. The molecule has 0 saturated heterocycles. The van der Waals surface area contributed by atoms with Gasteiger partial charge in [0.15, 0.2) is 0 Å². The van der Waals surface area contributed by atoms with Crippen molar-refractivity contribution < 1.29 is 4.74 Å². The minimum Gasteiger partial charge on any atom is -0.497 e. The maximum absolute atomic E-state index is 6.26. The van der Waals surface area contributed by atoms with Crippen molar-refractivity contribution in [3.05, 3.63) is 111 Å². The number of aryl methyl sites for hydroxylation is 3. The summed E-state index contributed by atoms with van der Waals surface area (Å²) in [5.41, 5.74) is 11.4. The number of hydrogen-bond donors (Lipinski definition) is 0. The molecule has 152 valence electrons. The molecule has 0 bridgehead atoms. The summed E-state index contributed by atoms with van der Waals surface area (Å²) >= 11 is 6.26. The van der Waals surface area contributed by atoms with Crippen molar-refractivity contribution in [2.75, 3.05) is 7.11 Å². The zero-order chi connectivity index (χ0) is 21.3. The molecule has 1 aliphatic rings. The lowest BCUT2D eigenvalue weighted by atomic mass is 9.86. The molecule has 0 saturated carbocycles. The van der Waals surface area contributed by atoms with Crippen LogP contribution in [-0.2, 0) is 11.2 Å². The van der Waals surface area contributed by atoms with Crippen molar-refractivity contribution in [2.24, 2.45) is 0 Å². The summed E-state index contributed by atoms with van der Waals surface area (Å²) in [5.74, 6) is 0.705. The van der Waals surface area contributed by atoms with Gasteiger partial charge in [-0.2, -0.15) is 0 Å². The molecule has 1 nitrogen and oxygen atoms in total. The van der Waals surface area contributed by atoms with Crippen LogP contribution in [0.15, 0.2) is 67.2 Å². The number of methoxy groups -OCH3 is 1. The predicted octanol–water partition coefficient (Wildman–Crippen LogP) is 7.87. The predicted molar refractivity (Wildman–Crippen MR) is 129 cm³/mol. The Hall–Kier alpha value is -2.77. The van der Waals surface area contributed by atoms with Gasteiger partial charge in [0.1, 0.15) is 5.76 Å². The van der Waals surface area contributed by atoms with Crippen LogP contribution < -0.4 is 0 Å². The van der Waals surface area contributed by atoms with E-state index < -0.39 is 0 Å². The van der Waals surface area contributed by atoms with E-state index in [2.05, 4.69) is 75.0 Å². The van der Waals surface area contributed by atoms with Gasteiger partial charge in [0.25, 0.3) is 0 Å². The van der Waals surface area contributed by atoms with E-state index in [1.807, 2.05) is 6.07 Å². The van der Waals surface area contributed by atoms with Gasteiger partial charge in [0.2, 0.25) is 0 Å². The van der Waals surface area contributed by atoms with Crippen LogP contribution in [0.4, 0.5) is 0 Å². The molecule has 0 amide bonds. The summed E-state index contributed by atoms with van der Waals surface area (Å²) in [6.45, 7) is 8.32. The van der Waals surface area contributed by atoms with Crippen molar-refractivity contribution in [1.29, 1.82) is 0 Å². The molecular formula is C28H27ClO. The Labute approximate surface area is 184 Å². The summed E-state index contributed by atoms with van der Waals surface area (Å²) in [5, 5.41) is 0.783. The summed E-state index contributed by atoms with van der Waals surface area (Å²) in [6, 6.07) is 21.7. The average Bonchev–Trinajstić information content (AvgIpc) is 2.93. The van der Waals surface area contributed by atoms with E-state index in [9.17, 15) is 0 Å². The van der Waals surface area contributed by atoms with Crippen LogP contribution in [0.1, 0.15) is 51.8 Å². The Bertz CT molecular complexity index is 1140. The second-order valence-corrected chi connectivity index (χ2v) is 8.47. The first-order valence-corrected chi connectivity index (χ1v) is 10.8. The van der Waals surface area contributed by atoms with Crippen LogP contribution in [0.2, 0.25) is 5.02 Å². The highest BCUT2D eigenvalue weighted by Crippen LogP contribution is 2.41. The number of rotatable bonds is 4. The second kappa shape index (κ2) is 8.53. The highest BCUT2D eigenvalue weighted by Gasteiger charge is 2.21. The van der Waals surface area contributed by atoms with Crippen molar-refractivity contribution in [3.8, 4) is 0 Å². The van der Waals surface area contributed by atoms with Gasteiger partial charge in [-0.3, -0.25) is 0 Å². The van der Waals surface area contributed by atoms with Gasteiger partial charge in [0, 0.05) is 10.6 Å². The number of benzene rings is 3. The fraction of sp³-hybridized carbons (Fsp3) is 0.214. The number of allylic oxidation sites excluding steroid dienone is 1. The Morgan fingerprint density at radius 1 is 0.900 bits per heavy atom. The van der Waals surface area contributed by atoms with E-state index >= 15 is 0 Å². The second-order valence-electron chi connectivity index (χ2n) is 8.03. The lowest BCUT2D eigenvalue weighted by Crippen LogP contribution is -1.99. The quantitative estimate of drug-likeness (QED) is 0.394. The van der Waals surface area contributed by atoms with E-state index in [0.717, 1.165) is 29.8 Å². The Morgan fingerprint density at radius 3 is 2.33 bits per heavy atom. The maximum Gasteiger partial charge on any atom is 0.118 e. The SMILES string of the molecule is C=C(OC)c1ccc2c(c1)CCCC(c1ccc(Cl)cc1C)=C2c1ccc(C)cc1. The van der Waals surface area contributed by atoms with Gasteiger partial charge in [0.05, 0.1) is 7.11 Å². The van der Waals surface area contributed by atoms with Crippen LogP contribution in [0, 0.1) is 13.8 Å². The molecule has 0 radical (unpaired) electrons. The summed E-state index contributed by atoms with van der Waals surface area (Å²) < 4.78 is 5.38. The molecule has 0 heterocycles. The molecule has 4 rings (SSSR count). The van der Waals surface area contributed by atoms with E-state index in [4.69, 9.17) is 16.3 Å². The molecule has 0 N–H and O–H groups in total. The third kappa shape index (κ3) is 3.95. The number of ether oxygens (including phenoxy) is 1. The molecule has 0 aliphatic heterocycles. The molecule has 0 aromatic heterocycles. The molecular weight excluding hydrogens is 388 g/mol. The lowest BCUT2D eigenvalue weighted by molar-refractivity contribution is 0.371. The minimum absolute atomic E-state index is 0.705. The topological polar surface area (TPSA) is 9.23 Å². The van der Waals surface area contributed by atoms with Gasteiger partial charge < -0.3 is 4.74 Å². The Kier molecular flexibility index (Phi) is 5.83. The third-order valence-electron chi connectivity index (χ3n) is 5.97. The van der Waals surface area contributed by atoms with Gasteiger partial charge in [-0.25, -0.2) is 0 Å². The fourth-order valence-electron chi connectivity index (χ4n) is 4.36. The Balaban J connectivity index is 1.99. The summed E-state index contributed by atoms with van der Waals surface area (Å²) in [7, 11) is 1.67. The van der Waals surface area contributed by atoms with E-state index in [0.29, 0.717) is 5.76 Å². The van der Waals surface area contributed by atoms with Crippen molar-refractivity contribution in [2.45, 2.75) is 33.1 Å². The molecule has 3 aromatic rings. The monoisotopic (exact) mass is 414 g/mol. The number of fused-ring (bicyclic) bond motifs is 1. The van der Waals surface area contributed by atoms with E-state index in [-0.39, 0.29) is 0 Å². The first kappa shape index (κ1) is 20.5. The number of halogens is 1. The normalized spacial score (nSPS) is 13.6. The van der Waals surface area contributed by atoms with Crippen molar-refractivity contribution in [1.82, 2.24) is 0 Å². The van der Waals surface area contributed by atoms with Crippen LogP contribution in [0.25, 0.3) is 16.9 Å². The third-order valence-corrected chi connectivity index (χ3v) is 6.21. The van der Waals surface area contributed by atoms with Crippen molar-refractivity contribution >= 4 is 28.5 Å². The molecule has 1 aliphatic carbocycles. The largest absolute Gasteiger partial charge is 0.497 e. The van der Waals surface area contributed by atoms with Crippen molar-refractivity contribution in [3.63, 3.8) is 0 Å². The molecule has 0 unspecified atom stereocenters. The van der Waals surface area contributed by atoms with Crippen LogP contribution in [0.5, 0.6) is 0 Å². The zero-order valence-electron chi connectivity index (χ0n) is 17.9. The van der Waals surface area contributed by atoms with Gasteiger partial charge >= 0.3 is 0 Å². The molecule has 0 spiro atoms. The molecule has 0 atom stereocenters. The number of hydrogen-bond acceptors (Lipinski definition) is 1. The first-order chi connectivity index (χ1) is 14.5. The molecule has 3 aromatic carbocycles. The van der Waals surface area contributed by atoms with Gasteiger partial charge in [-0.1, -0.05) is 66.2 Å². The summed E-state index contributed by atoms with van der Waals surface area (Å²) in [4.78, 5) is 0. The summed E-state index contributed by atoms with van der Waals surface area (Å²) in [6.07, 6.45) is 3.16. The highest BCUT2D eigenvalue weighted by atomic mass is 35.5. The highest BCUT2D eigenvalue weighted by molar-refractivity contribution is 6.30. The Morgan fingerprint density at radius 2 is 1.63 bits per heavy atom. The van der Waals surface area contributed by atoms with Crippen LogP contribution in [0.3, 0.4) is 0 Å². The van der Waals surface area contributed by atoms with E-state index in [1.165, 1.54) is 44.5 Å². The molecule has 30 heavy (non-hydrogen) atoms. The van der Waals surface area contributed by atoms with Crippen LogP contribution in [-0.4, -0.2) is 7.11 Å². The standard InChI is InChI=1S/C28H27ClO/c1-18-8-10-21(11-9-18)28-26-14-12-22(20(3)30-4)17-23(26)6-5-7-27(28)25-15-13-24(29)16-19(25)2/h8-17H,3,5-7H2,1-2,4H3. The van der Waals surface area contributed by atoms with Gasteiger partial charge in [-0.05, 0) is 90.3 Å². The fourth-order valence-corrected chi connectivity index (χ4v) is 4.59. The van der Waals surface area contributed by atoms with E-state index in [1.54, 1.807) is 7.11 Å². The van der Waals surface area contributed by atoms with Gasteiger partial charge in [-0.15, -0.1) is 0 Å². The molecule has 0 fully saturated rings. The smallest absolute Gasteiger partial charge is 0.118 e. The zero-order valence-corrected chi connectivity index (χ0v) is 18.6. The maximum atomic E-state index is 6.26. The van der Waals surface area contributed by atoms with Crippen LogP contribution >= 0.6 is 11.6 Å². The molecule has 2 heteroatoms.